The molecule has 0 spiro atoms. The summed E-state index contributed by atoms with van der Waals surface area (Å²) in [6, 6.07) is 9.43. The van der Waals surface area contributed by atoms with E-state index in [1.807, 2.05) is 24.3 Å². The number of aliphatic hydroxyl groups is 1. The third-order valence-electron chi connectivity index (χ3n) is 5.18. The Labute approximate surface area is 180 Å². The number of aliphatic hydroxyl groups excluding tert-OH is 1. The van der Waals surface area contributed by atoms with Gasteiger partial charge in [0.2, 0.25) is 0 Å². The summed E-state index contributed by atoms with van der Waals surface area (Å²) < 4.78 is 12.2. The number of hydrogen-bond acceptors (Lipinski definition) is 6. The van der Waals surface area contributed by atoms with E-state index in [4.69, 9.17) is 14.3 Å². The first-order valence-electron chi connectivity index (χ1n) is 10.1. The van der Waals surface area contributed by atoms with Crippen LogP contribution in [0.25, 0.3) is 0 Å². The second-order valence-corrected chi connectivity index (χ2v) is 7.35. The number of hydrogen-bond donors (Lipinski definition) is 2. The van der Waals surface area contributed by atoms with Crippen LogP contribution in [-0.4, -0.2) is 34.5 Å². The monoisotopic (exact) mass is 425 g/mol. The number of ether oxygens (including phenoxy) is 1. The minimum absolute atomic E-state index is 0.0260. The van der Waals surface area contributed by atoms with Gasteiger partial charge in [-0.15, -0.1) is 0 Å². The highest BCUT2D eigenvalue weighted by Gasteiger charge is 2.20. The Morgan fingerprint density at radius 2 is 1.90 bits per heavy atom. The van der Waals surface area contributed by atoms with Crippen molar-refractivity contribution in [2.45, 2.75) is 40.2 Å². The van der Waals surface area contributed by atoms with Crippen LogP contribution in [0.5, 0.6) is 5.75 Å². The van der Waals surface area contributed by atoms with Crippen molar-refractivity contribution >= 4 is 11.6 Å². The molecule has 0 aliphatic carbocycles. The van der Waals surface area contributed by atoms with E-state index in [0.717, 1.165) is 11.3 Å². The van der Waals surface area contributed by atoms with E-state index in [2.05, 4.69) is 10.4 Å². The number of methoxy groups -OCH3 is 1. The molecule has 31 heavy (non-hydrogen) atoms. The average Bonchev–Trinajstić information content (AvgIpc) is 3.00. The lowest BCUT2D eigenvalue weighted by Crippen LogP contribution is -2.23. The molecule has 2 N–H and O–H groups in total. The van der Waals surface area contributed by atoms with E-state index in [9.17, 15) is 9.59 Å². The first-order valence-corrected chi connectivity index (χ1v) is 10.1. The largest absolute Gasteiger partial charge is 0.497 e. The molecule has 3 rings (SSSR count). The summed E-state index contributed by atoms with van der Waals surface area (Å²) in [7, 11) is 1.62. The fraction of sp³-hybridized carbons (Fsp3) is 0.348. The normalized spacial score (nSPS) is 10.9. The van der Waals surface area contributed by atoms with Gasteiger partial charge in [-0.1, -0.05) is 12.1 Å². The second-order valence-electron chi connectivity index (χ2n) is 7.35. The lowest BCUT2D eigenvalue weighted by atomic mass is 10.1. The molecule has 8 nitrogen and oxygen atoms in total. The Morgan fingerprint density at radius 3 is 2.52 bits per heavy atom. The number of anilines is 1. The molecule has 0 fully saturated rings. The number of aryl methyl sites for hydroxylation is 4. The maximum atomic E-state index is 12.8. The summed E-state index contributed by atoms with van der Waals surface area (Å²) in [4.78, 5) is 25.4. The van der Waals surface area contributed by atoms with Gasteiger partial charge in [-0.05, 0) is 56.5 Å². The minimum atomic E-state index is -0.666. The van der Waals surface area contributed by atoms with Crippen LogP contribution >= 0.6 is 0 Å². The van der Waals surface area contributed by atoms with Crippen molar-refractivity contribution in [3.05, 3.63) is 74.6 Å². The van der Waals surface area contributed by atoms with Crippen LogP contribution in [0, 0.1) is 20.8 Å². The van der Waals surface area contributed by atoms with E-state index >= 15 is 0 Å². The number of carbonyl (C=O) groups excluding carboxylic acids is 1. The minimum Gasteiger partial charge on any atom is -0.497 e. The SMILES string of the molecule is COc1ccc(CCc2cc(C)c(C(=O)Nc3c(C)nn(CCO)c3C)c(=O)o2)cc1. The summed E-state index contributed by atoms with van der Waals surface area (Å²) in [6.45, 7) is 5.54. The van der Waals surface area contributed by atoms with Crippen LogP contribution < -0.4 is 15.7 Å². The van der Waals surface area contributed by atoms with Crippen LogP contribution in [-0.2, 0) is 19.4 Å². The third-order valence-corrected chi connectivity index (χ3v) is 5.18. The van der Waals surface area contributed by atoms with Crippen molar-refractivity contribution in [2.24, 2.45) is 0 Å². The molecular formula is C23H27N3O5. The highest BCUT2D eigenvalue weighted by molar-refractivity contribution is 6.05. The predicted molar refractivity (Wildman–Crippen MR) is 117 cm³/mol. The van der Waals surface area contributed by atoms with Crippen LogP contribution in [0.2, 0.25) is 0 Å². The van der Waals surface area contributed by atoms with Gasteiger partial charge in [0.1, 0.15) is 17.1 Å². The molecule has 2 aromatic heterocycles. The van der Waals surface area contributed by atoms with Crippen molar-refractivity contribution in [1.82, 2.24) is 9.78 Å². The number of carbonyl (C=O) groups is 1. The molecule has 0 saturated carbocycles. The van der Waals surface area contributed by atoms with Gasteiger partial charge in [0, 0.05) is 6.42 Å². The van der Waals surface area contributed by atoms with Crippen molar-refractivity contribution in [3.8, 4) is 5.75 Å². The Morgan fingerprint density at radius 1 is 1.19 bits per heavy atom. The van der Waals surface area contributed by atoms with E-state index in [1.54, 1.807) is 38.6 Å². The van der Waals surface area contributed by atoms with Gasteiger partial charge in [0.15, 0.2) is 0 Å². The van der Waals surface area contributed by atoms with E-state index in [1.165, 1.54) is 0 Å². The lowest BCUT2D eigenvalue weighted by Gasteiger charge is -2.09. The summed E-state index contributed by atoms with van der Waals surface area (Å²) in [6.07, 6.45) is 1.23. The molecular weight excluding hydrogens is 398 g/mol. The zero-order chi connectivity index (χ0) is 22.5. The smallest absolute Gasteiger partial charge is 0.349 e. The van der Waals surface area contributed by atoms with Gasteiger partial charge in [0.25, 0.3) is 5.91 Å². The molecule has 0 saturated heterocycles. The van der Waals surface area contributed by atoms with Crippen molar-refractivity contribution in [3.63, 3.8) is 0 Å². The number of nitrogens with zero attached hydrogens (tertiary/aromatic N) is 2. The third kappa shape index (κ3) is 5.03. The van der Waals surface area contributed by atoms with E-state index in [0.29, 0.717) is 47.8 Å². The molecule has 0 unspecified atom stereocenters. The van der Waals surface area contributed by atoms with E-state index in [-0.39, 0.29) is 12.2 Å². The fourth-order valence-electron chi connectivity index (χ4n) is 3.50. The van der Waals surface area contributed by atoms with Crippen molar-refractivity contribution in [1.29, 1.82) is 0 Å². The standard InChI is InChI=1S/C23H27N3O5/c1-14-13-19(10-7-17-5-8-18(30-4)9-6-17)31-23(29)20(14)22(28)24-21-15(2)25-26(11-12-27)16(21)3/h5-6,8-9,13,27H,7,10-12H2,1-4H3,(H,24,28). The summed E-state index contributed by atoms with van der Waals surface area (Å²) in [5.74, 6) is 0.773. The number of benzene rings is 1. The van der Waals surface area contributed by atoms with Crippen LogP contribution in [0.4, 0.5) is 5.69 Å². The quantitative estimate of drug-likeness (QED) is 0.575. The predicted octanol–water partition coefficient (Wildman–Crippen LogP) is 2.80. The zero-order valence-electron chi connectivity index (χ0n) is 18.2. The summed E-state index contributed by atoms with van der Waals surface area (Å²) >= 11 is 0. The molecule has 0 radical (unpaired) electrons. The van der Waals surface area contributed by atoms with Gasteiger partial charge < -0.3 is 19.6 Å². The fourth-order valence-corrected chi connectivity index (χ4v) is 3.50. The molecule has 1 amide bonds. The summed E-state index contributed by atoms with van der Waals surface area (Å²) in [5.41, 5.74) is 2.80. The first-order chi connectivity index (χ1) is 14.8. The Hall–Kier alpha value is -3.39. The highest BCUT2D eigenvalue weighted by atomic mass is 16.5. The van der Waals surface area contributed by atoms with Crippen LogP contribution in [0.15, 0.2) is 39.5 Å². The molecule has 0 aliphatic rings. The second kappa shape index (κ2) is 9.61. The van der Waals surface area contributed by atoms with Gasteiger partial charge >= 0.3 is 5.63 Å². The number of amides is 1. The zero-order valence-corrected chi connectivity index (χ0v) is 18.2. The Kier molecular flexibility index (Phi) is 6.91. The molecule has 164 valence electrons. The number of nitrogens with one attached hydrogen (secondary N) is 1. The number of rotatable bonds is 8. The highest BCUT2D eigenvalue weighted by Crippen LogP contribution is 2.21. The van der Waals surface area contributed by atoms with E-state index < -0.39 is 11.5 Å². The average molecular weight is 425 g/mol. The maximum Gasteiger partial charge on any atom is 0.349 e. The van der Waals surface area contributed by atoms with Crippen LogP contribution in [0.1, 0.15) is 38.6 Å². The molecule has 8 heteroatoms. The van der Waals surface area contributed by atoms with Gasteiger partial charge in [-0.25, -0.2) is 4.79 Å². The van der Waals surface area contributed by atoms with Gasteiger partial charge in [0.05, 0.1) is 37.3 Å². The Bertz CT molecular complexity index is 1130. The maximum absolute atomic E-state index is 12.8. The molecule has 0 bridgehead atoms. The lowest BCUT2D eigenvalue weighted by molar-refractivity contribution is 0.102. The van der Waals surface area contributed by atoms with Crippen LogP contribution in [0.3, 0.4) is 0 Å². The number of aromatic nitrogens is 2. The van der Waals surface area contributed by atoms with Gasteiger partial charge in [-0.3, -0.25) is 9.48 Å². The first kappa shape index (κ1) is 22.3. The van der Waals surface area contributed by atoms with Crippen molar-refractivity contribution in [2.75, 3.05) is 19.0 Å². The topological polar surface area (TPSA) is 107 Å². The van der Waals surface area contributed by atoms with Crippen molar-refractivity contribution < 1.29 is 19.1 Å². The molecule has 1 aromatic carbocycles. The Balaban J connectivity index is 1.75. The van der Waals surface area contributed by atoms with Gasteiger partial charge in [-0.2, -0.15) is 5.10 Å². The summed E-state index contributed by atoms with van der Waals surface area (Å²) in [5, 5.41) is 16.2. The molecule has 0 aliphatic heterocycles. The molecule has 3 aromatic rings. The molecule has 2 heterocycles. The molecule has 0 atom stereocenters.